The zero-order valence-electron chi connectivity index (χ0n) is 12.2. The van der Waals surface area contributed by atoms with Gasteiger partial charge in [-0.05, 0) is 51.3 Å². The number of nitrogens with one attached hydrogen (secondary N) is 1. The van der Waals surface area contributed by atoms with Crippen LogP contribution in [-0.2, 0) is 16.8 Å². The molecule has 5 nitrogen and oxygen atoms in total. The SMILES string of the molecule is CC(C)(C)OC(=O)NC1(c2ccc(O)c(CN)c2)CC1. The summed E-state index contributed by atoms with van der Waals surface area (Å²) in [4.78, 5) is 11.9. The normalized spacial score (nSPS) is 16.6. The van der Waals surface area contributed by atoms with Gasteiger partial charge in [0.05, 0.1) is 5.54 Å². The number of alkyl carbamates (subject to hydrolysis) is 1. The van der Waals surface area contributed by atoms with Crippen LogP contribution in [-0.4, -0.2) is 16.8 Å². The van der Waals surface area contributed by atoms with Crippen molar-refractivity contribution in [3.05, 3.63) is 29.3 Å². The third-order valence-electron chi connectivity index (χ3n) is 3.34. The summed E-state index contributed by atoms with van der Waals surface area (Å²) in [6.07, 6.45) is 1.31. The number of amides is 1. The summed E-state index contributed by atoms with van der Waals surface area (Å²) in [7, 11) is 0. The number of phenols is 1. The number of benzene rings is 1. The second-order valence-electron chi connectivity index (χ2n) is 6.26. The molecule has 0 heterocycles. The Morgan fingerprint density at radius 1 is 1.45 bits per heavy atom. The molecule has 1 amide bonds. The molecule has 0 atom stereocenters. The van der Waals surface area contributed by atoms with Crippen molar-refractivity contribution in [2.24, 2.45) is 5.73 Å². The highest BCUT2D eigenvalue weighted by Crippen LogP contribution is 2.46. The minimum absolute atomic E-state index is 0.185. The van der Waals surface area contributed by atoms with Gasteiger partial charge in [-0.2, -0.15) is 0 Å². The van der Waals surface area contributed by atoms with Gasteiger partial charge in [-0.3, -0.25) is 0 Å². The lowest BCUT2D eigenvalue weighted by Crippen LogP contribution is -2.39. The lowest BCUT2D eigenvalue weighted by Gasteiger charge is -2.24. The number of rotatable bonds is 3. The molecular weight excluding hydrogens is 256 g/mol. The minimum atomic E-state index is -0.516. The predicted octanol–water partition coefficient (Wildman–Crippen LogP) is 2.36. The van der Waals surface area contributed by atoms with Crippen molar-refractivity contribution in [3.63, 3.8) is 0 Å². The van der Waals surface area contributed by atoms with Crippen LogP contribution in [0.3, 0.4) is 0 Å². The van der Waals surface area contributed by atoms with Gasteiger partial charge in [0, 0.05) is 12.1 Å². The standard InChI is InChI=1S/C15H22N2O3/c1-14(2,3)20-13(19)17-15(6-7-15)11-4-5-12(18)10(8-11)9-16/h4-5,8,18H,6-7,9,16H2,1-3H3,(H,17,19). The summed E-state index contributed by atoms with van der Waals surface area (Å²) < 4.78 is 5.29. The fraction of sp³-hybridized carbons (Fsp3) is 0.533. The van der Waals surface area contributed by atoms with Crippen LogP contribution in [0, 0.1) is 0 Å². The molecule has 20 heavy (non-hydrogen) atoms. The molecule has 1 aromatic carbocycles. The molecule has 1 saturated carbocycles. The van der Waals surface area contributed by atoms with E-state index in [2.05, 4.69) is 5.32 Å². The molecule has 2 rings (SSSR count). The van der Waals surface area contributed by atoms with Crippen molar-refractivity contribution in [3.8, 4) is 5.75 Å². The van der Waals surface area contributed by atoms with E-state index in [4.69, 9.17) is 10.5 Å². The first-order chi connectivity index (χ1) is 9.26. The van der Waals surface area contributed by atoms with Crippen molar-refractivity contribution >= 4 is 6.09 Å². The molecule has 5 heteroatoms. The fourth-order valence-electron chi connectivity index (χ4n) is 2.16. The largest absolute Gasteiger partial charge is 0.508 e. The van der Waals surface area contributed by atoms with E-state index in [0.717, 1.165) is 18.4 Å². The average Bonchev–Trinajstić information content (AvgIpc) is 3.07. The monoisotopic (exact) mass is 278 g/mol. The molecule has 1 aliphatic carbocycles. The molecule has 0 unspecified atom stereocenters. The Labute approximate surface area is 119 Å². The number of carbonyl (C=O) groups is 1. The molecule has 0 spiro atoms. The first-order valence-corrected chi connectivity index (χ1v) is 6.79. The van der Waals surface area contributed by atoms with Gasteiger partial charge in [0.1, 0.15) is 11.4 Å². The zero-order valence-corrected chi connectivity index (χ0v) is 12.2. The third kappa shape index (κ3) is 3.22. The predicted molar refractivity (Wildman–Crippen MR) is 76.3 cm³/mol. The van der Waals surface area contributed by atoms with Crippen molar-refractivity contribution in [2.75, 3.05) is 0 Å². The van der Waals surface area contributed by atoms with Gasteiger partial charge < -0.3 is 20.9 Å². The molecule has 0 aromatic heterocycles. The van der Waals surface area contributed by atoms with E-state index < -0.39 is 11.7 Å². The lowest BCUT2D eigenvalue weighted by atomic mass is 10.0. The highest BCUT2D eigenvalue weighted by Gasteiger charge is 2.46. The Balaban J connectivity index is 2.13. The average molecular weight is 278 g/mol. The Morgan fingerprint density at radius 3 is 2.60 bits per heavy atom. The van der Waals surface area contributed by atoms with Crippen LogP contribution in [0.1, 0.15) is 44.7 Å². The van der Waals surface area contributed by atoms with Gasteiger partial charge in [-0.25, -0.2) is 4.79 Å². The van der Waals surface area contributed by atoms with Gasteiger partial charge in [-0.1, -0.05) is 6.07 Å². The maximum Gasteiger partial charge on any atom is 0.408 e. The number of hydrogen-bond donors (Lipinski definition) is 3. The third-order valence-corrected chi connectivity index (χ3v) is 3.34. The van der Waals surface area contributed by atoms with Gasteiger partial charge >= 0.3 is 6.09 Å². The fourth-order valence-corrected chi connectivity index (χ4v) is 2.16. The Bertz CT molecular complexity index is 516. The summed E-state index contributed by atoms with van der Waals surface area (Å²) in [5.41, 5.74) is 6.34. The van der Waals surface area contributed by atoms with Crippen molar-refractivity contribution in [2.45, 2.75) is 51.3 Å². The first-order valence-electron chi connectivity index (χ1n) is 6.79. The van der Waals surface area contributed by atoms with E-state index in [-0.39, 0.29) is 17.8 Å². The number of hydrogen-bond acceptors (Lipinski definition) is 4. The van der Waals surface area contributed by atoms with Gasteiger partial charge in [0.25, 0.3) is 0 Å². The smallest absolute Gasteiger partial charge is 0.408 e. The van der Waals surface area contributed by atoms with Crippen LogP contribution in [0.15, 0.2) is 18.2 Å². The number of ether oxygens (including phenoxy) is 1. The second-order valence-corrected chi connectivity index (χ2v) is 6.26. The molecule has 1 fully saturated rings. The van der Waals surface area contributed by atoms with E-state index in [0.29, 0.717) is 5.56 Å². The van der Waals surface area contributed by atoms with Crippen molar-refractivity contribution in [1.29, 1.82) is 0 Å². The first kappa shape index (κ1) is 14.7. The van der Waals surface area contributed by atoms with E-state index in [1.165, 1.54) is 0 Å². The maximum atomic E-state index is 11.9. The van der Waals surface area contributed by atoms with Crippen LogP contribution < -0.4 is 11.1 Å². The summed E-state index contributed by atoms with van der Waals surface area (Å²) >= 11 is 0. The van der Waals surface area contributed by atoms with Gasteiger partial charge in [0.15, 0.2) is 0 Å². The van der Waals surface area contributed by atoms with Crippen LogP contribution in [0.2, 0.25) is 0 Å². The van der Waals surface area contributed by atoms with Crippen molar-refractivity contribution < 1.29 is 14.6 Å². The van der Waals surface area contributed by atoms with E-state index in [1.54, 1.807) is 6.07 Å². The number of carbonyl (C=O) groups excluding carboxylic acids is 1. The number of phenolic OH excluding ortho intramolecular Hbond substituents is 1. The Kier molecular flexibility index (Phi) is 3.65. The molecular formula is C15H22N2O3. The highest BCUT2D eigenvalue weighted by molar-refractivity contribution is 5.70. The van der Waals surface area contributed by atoms with Crippen LogP contribution in [0.25, 0.3) is 0 Å². The maximum absolute atomic E-state index is 11.9. The molecule has 1 aliphatic rings. The number of nitrogens with two attached hydrogens (primary N) is 1. The number of aromatic hydroxyl groups is 1. The molecule has 0 aliphatic heterocycles. The lowest BCUT2D eigenvalue weighted by molar-refractivity contribution is 0.0495. The molecule has 1 aromatic rings. The van der Waals surface area contributed by atoms with E-state index in [9.17, 15) is 9.90 Å². The topological polar surface area (TPSA) is 84.6 Å². The molecule has 4 N–H and O–H groups in total. The molecule has 0 bridgehead atoms. The van der Waals surface area contributed by atoms with E-state index in [1.807, 2.05) is 32.9 Å². The van der Waals surface area contributed by atoms with Crippen LogP contribution >= 0.6 is 0 Å². The molecule has 0 radical (unpaired) electrons. The van der Waals surface area contributed by atoms with Crippen molar-refractivity contribution in [1.82, 2.24) is 5.32 Å². The minimum Gasteiger partial charge on any atom is -0.508 e. The highest BCUT2D eigenvalue weighted by atomic mass is 16.6. The quantitative estimate of drug-likeness (QED) is 0.792. The zero-order chi connectivity index (χ0) is 15.0. The summed E-state index contributed by atoms with van der Waals surface area (Å²) in [5.74, 6) is 0.185. The molecule has 0 saturated heterocycles. The summed E-state index contributed by atoms with van der Waals surface area (Å²) in [5, 5.41) is 12.6. The van der Waals surface area contributed by atoms with E-state index >= 15 is 0 Å². The van der Waals surface area contributed by atoms with Crippen LogP contribution in [0.5, 0.6) is 5.75 Å². The van der Waals surface area contributed by atoms with Crippen LogP contribution in [0.4, 0.5) is 4.79 Å². The summed E-state index contributed by atoms with van der Waals surface area (Å²) in [6, 6.07) is 5.28. The van der Waals surface area contributed by atoms with Gasteiger partial charge in [-0.15, -0.1) is 0 Å². The molecule has 110 valence electrons. The Hall–Kier alpha value is -1.75. The van der Waals surface area contributed by atoms with Gasteiger partial charge in [0.2, 0.25) is 0 Å². The Morgan fingerprint density at radius 2 is 2.10 bits per heavy atom. The second kappa shape index (κ2) is 4.98. The summed E-state index contributed by atoms with van der Waals surface area (Å²) in [6.45, 7) is 5.76.